The number of aryl methyl sites for hydroxylation is 2. The fourth-order valence-electron chi connectivity index (χ4n) is 3.07. The Hall–Kier alpha value is -3.13. The first kappa shape index (κ1) is 20.6. The minimum Gasteiger partial charge on any atom is -0.494 e. The third-order valence-corrected chi connectivity index (χ3v) is 4.62. The van der Waals surface area contributed by atoms with Crippen molar-refractivity contribution in [3.05, 3.63) is 47.9 Å². The van der Waals surface area contributed by atoms with Gasteiger partial charge in [0.25, 0.3) is 0 Å². The van der Waals surface area contributed by atoms with Crippen molar-refractivity contribution in [3.8, 4) is 5.75 Å². The van der Waals surface area contributed by atoms with Crippen molar-refractivity contribution in [2.24, 2.45) is 0 Å². The molecule has 2 N–H and O–H groups in total. The number of carbonyl (C=O) groups is 1. The Balaban J connectivity index is 1.90. The molecule has 2 aromatic heterocycles. The highest BCUT2D eigenvalue weighted by Crippen LogP contribution is 2.30. The Kier molecular flexibility index (Phi) is 5.74. The van der Waals surface area contributed by atoms with E-state index in [-0.39, 0.29) is 5.91 Å². The van der Waals surface area contributed by atoms with Gasteiger partial charge in [0.2, 0.25) is 5.69 Å². The number of anilines is 1. The van der Waals surface area contributed by atoms with E-state index < -0.39 is 5.60 Å². The molecule has 0 radical (unpaired) electrons. The average molecular weight is 399 g/mol. The number of aliphatic hydroxyl groups is 1. The Morgan fingerprint density at radius 2 is 2.07 bits per heavy atom. The first-order valence-corrected chi connectivity index (χ1v) is 9.37. The van der Waals surface area contributed by atoms with Crippen LogP contribution in [0.5, 0.6) is 5.75 Å². The minimum absolute atomic E-state index is 0.317. The molecule has 8 nitrogen and oxygen atoms in total. The van der Waals surface area contributed by atoms with E-state index in [1.807, 2.05) is 25.3 Å². The minimum atomic E-state index is -0.764. The number of fused-ring (bicyclic) bond motifs is 1. The van der Waals surface area contributed by atoms with Crippen molar-refractivity contribution >= 4 is 22.5 Å². The molecule has 3 aromatic rings. The lowest BCUT2D eigenvalue weighted by molar-refractivity contribution is -0.890. The maximum absolute atomic E-state index is 12.9. The van der Waals surface area contributed by atoms with Gasteiger partial charge in [-0.05, 0) is 32.4 Å². The summed E-state index contributed by atoms with van der Waals surface area (Å²) < 4.78 is 8.70. The molecule has 0 saturated heterocycles. The summed E-state index contributed by atoms with van der Waals surface area (Å²) in [5.41, 5.74) is 1.69. The molecule has 0 spiro atoms. The van der Waals surface area contributed by atoms with Gasteiger partial charge in [-0.1, -0.05) is 0 Å². The zero-order chi connectivity index (χ0) is 21.2. The van der Waals surface area contributed by atoms with Crippen molar-refractivity contribution < 1.29 is 24.2 Å². The van der Waals surface area contributed by atoms with Crippen LogP contribution in [0.15, 0.2) is 36.5 Å². The average Bonchev–Trinajstić information content (AvgIpc) is 3.06. The lowest BCUT2D eigenvalue weighted by Gasteiger charge is -2.16. The molecule has 1 amide bonds. The molecular formula is C21H27N4O4+. The summed E-state index contributed by atoms with van der Waals surface area (Å²) in [5, 5.41) is 18.2. The van der Waals surface area contributed by atoms with Crippen LogP contribution < -0.4 is 19.6 Å². The summed E-state index contributed by atoms with van der Waals surface area (Å²) in [6.45, 7) is 5.98. The predicted molar refractivity (Wildman–Crippen MR) is 109 cm³/mol. The van der Waals surface area contributed by atoms with Gasteiger partial charge in [0, 0.05) is 48.0 Å². The lowest BCUT2D eigenvalue weighted by Crippen LogP contribution is -2.49. The zero-order valence-corrected chi connectivity index (χ0v) is 17.4. The number of carbonyl (C=O) groups excluding carboxylic acids is 1. The smallest absolute Gasteiger partial charge is 0.325 e. The third kappa shape index (κ3) is 4.65. The number of nitrogens with one attached hydrogen (secondary N) is 1. The molecule has 8 heteroatoms. The highest BCUT2D eigenvalue weighted by Gasteiger charge is 2.24. The standard InChI is InChI=1S/C21H26N4O4/c1-14-7-6-8-18(25(14)29-5)20(26)22-17-11-15-13-24(10-9-21(2,3)27)23-16(15)12-19(17)28-4/h6-8,11-13,27H,9-10H2,1-5H3/p+1. The van der Waals surface area contributed by atoms with E-state index in [2.05, 4.69) is 10.4 Å². The molecule has 1 aromatic carbocycles. The van der Waals surface area contributed by atoms with E-state index in [0.717, 1.165) is 16.6 Å². The number of ether oxygens (including phenoxy) is 1. The maximum atomic E-state index is 12.9. The van der Waals surface area contributed by atoms with Crippen LogP contribution in [0.3, 0.4) is 0 Å². The molecule has 0 aliphatic carbocycles. The van der Waals surface area contributed by atoms with Crippen LogP contribution in [0, 0.1) is 6.92 Å². The number of rotatable bonds is 7. The van der Waals surface area contributed by atoms with E-state index in [4.69, 9.17) is 9.57 Å². The maximum Gasteiger partial charge on any atom is 0.325 e. The van der Waals surface area contributed by atoms with Gasteiger partial charge in [-0.25, -0.2) is 0 Å². The molecule has 0 atom stereocenters. The van der Waals surface area contributed by atoms with Gasteiger partial charge >= 0.3 is 11.6 Å². The third-order valence-electron chi connectivity index (χ3n) is 4.62. The van der Waals surface area contributed by atoms with Gasteiger partial charge in [0.05, 0.1) is 23.9 Å². The Labute approximate surface area is 169 Å². The van der Waals surface area contributed by atoms with Crippen molar-refractivity contribution in [1.29, 1.82) is 0 Å². The molecule has 3 rings (SSSR count). The van der Waals surface area contributed by atoms with Crippen LogP contribution >= 0.6 is 0 Å². The van der Waals surface area contributed by atoms with E-state index >= 15 is 0 Å². The largest absolute Gasteiger partial charge is 0.494 e. The fraction of sp³-hybridized carbons (Fsp3) is 0.381. The number of methoxy groups -OCH3 is 1. The number of benzene rings is 1. The predicted octanol–water partition coefficient (Wildman–Crippen LogP) is 2.11. The van der Waals surface area contributed by atoms with Gasteiger partial charge in [-0.2, -0.15) is 5.10 Å². The van der Waals surface area contributed by atoms with Crippen molar-refractivity contribution in [2.45, 2.75) is 39.3 Å². The second kappa shape index (κ2) is 8.08. The first-order chi connectivity index (χ1) is 13.7. The van der Waals surface area contributed by atoms with Gasteiger partial charge in [0.1, 0.15) is 12.9 Å². The summed E-state index contributed by atoms with van der Waals surface area (Å²) in [5.74, 6) is 0.192. The Morgan fingerprint density at radius 3 is 2.72 bits per heavy atom. The number of pyridine rings is 1. The lowest BCUT2D eigenvalue weighted by atomic mass is 10.1. The van der Waals surface area contributed by atoms with E-state index in [1.165, 1.54) is 11.8 Å². The Bertz CT molecular complexity index is 1040. The van der Waals surface area contributed by atoms with Gasteiger partial charge in [0.15, 0.2) is 0 Å². The molecule has 0 aliphatic heterocycles. The quantitative estimate of drug-likeness (QED) is 0.594. The second-order valence-corrected chi connectivity index (χ2v) is 7.55. The van der Waals surface area contributed by atoms with Crippen LogP contribution in [0.4, 0.5) is 5.69 Å². The van der Waals surface area contributed by atoms with Crippen LogP contribution in [-0.2, 0) is 6.54 Å². The normalized spacial score (nSPS) is 11.5. The molecule has 29 heavy (non-hydrogen) atoms. The summed E-state index contributed by atoms with van der Waals surface area (Å²) in [6, 6.07) is 8.95. The SMILES string of the molecule is COc1cc2nn(CCC(C)(C)O)cc2cc1NC(=O)c1cccc(C)[n+]1OC. The Morgan fingerprint density at radius 1 is 1.31 bits per heavy atom. The molecule has 2 heterocycles. The number of amides is 1. The monoisotopic (exact) mass is 399 g/mol. The summed E-state index contributed by atoms with van der Waals surface area (Å²) in [4.78, 5) is 18.2. The number of nitrogens with zero attached hydrogens (tertiary/aromatic N) is 3. The number of hydrogen-bond acceptors (Lipinski definition) is 5. The van der Waals surface area contributed by atoms with Crippen molar-refractivity contribution in [3.63, 3.8) is 0 Å². The molecule has 0 aliphatic rings. The van der Waals surface area contributed by atoms with Gasteiger partial charge < -0.3 is 15.2 Å². The summed E-state index contributed by atoms with van der Waals surface area (Å²) >= 11 is 0. The molecule has 0 fully saturated rings. The highest BCUT2D eigenvalue weighted by atomic mass is 16.6. The molecule has 0 unspecified atom stereocenters. The number of aromatic nitrogens is 3. The topological polar surface area (TPSA) is 89.5 Å². The molecular weight excluding hydrogens is 372 g/mol. The van der Waals surface area contributed by atoms with Crippen LogP contribution in [0.2, 0.25) is 0 Å². The van der Waals surface area contributed by atoms with Crippen LogP contribution in [0.1, 0.15) is 36.5 Å². The zero-order valence-electron chi connectivity index (χ0n) is 17.4. The summed E-state index contributed by atoms with van der Waals surface area (Å²) in [6.07, 6.45) is 2.46. The molecule has 0 bridgehead atoms. The fourth-order valence-corrected chi connectivity index (χ4v) is 3.07. The van der Waals surface area contributed by atoms with Crippen molar-refractivity contribution in [2.75, 3.05) is 19.5 Å². The van der Waals surface area contributed by atoms with E-state index in [0.29, 0.717) is 30.1 Å². The van der Waals surface area contributed by atoms with Crippen LogP contribution in [0.25, 0.3) is 10.9 Å². The van der Waals surface area contributed by atoms with Gasteiger partial charge in [-0.3, -0.25) is 14.3 Å². The highest BCUT2D eigenvalue weighted by molar-refractivity contribution is 6.04. The second-order valence-electron chi connectivity index (χ2n) is 7.55. The molecule has 0 saturated carbocycles. The first-order valence-electron chi connectivity index (χ1n) is 9.37. The van der Waals surface area contributed by atoms with E-state index in [9.17, 15) is 9.90 Å². The van der Waals surface area contributed by atoms with E-state index in [1.54, 1.807) is 43.8 Å². The van der Waals surface area contributed by atoms with Crippen molar-refractivity contribution in [1.82, 2.24) is 9.78 Å². The van der Waals surface area contributed by atoms with Crippen LogP contribution in [-0.4, -0.2) is 40.6 Å². The van der Waals surface area contributed by atoms with Gasteiger partial charge in [-0.15, -0.1) is 0 Å². The summed E-state index contributed by atoms with van der Waals surface area (Å²) in [7, 11) is 3.06. The molecule has 154 valence electrons. The number of hydrogen-bond donors (Lipinski definition) is 2.